The molecule has 0 aliphatic carbocycles. The van der Waals surface area contributed by atoms with Gasteiger partial charge >= 0.3 is 0 Å². The Balaban J connectivity index is 2.14. The molecule has 2 aromatic rings. The van der Waals surface area contributed by atoms with Crippen LogP contribution in [-0.4, -0.2) is 17.0 Å². The van der Waals surface area contributed by atoms with E-state index < -0.39 is 4.92 Å². The van der Waals surface area contributed by atoms with Crippen molar-refractivity contribution in [1.29, 1.82) is 0 Å². The van der Waals surface area contributed by atoms with Crippen molar-refractivity contribution >= 4 is 11.4 Å². The zero-order chi connectivity index (χ0) is 13.0. The number of nitro groups is 1. The van der Waals surface area contributed by atoms with Crippen LogP contribution in [0.4, 0.5) is 11.4 Å². The molecule has 1 aromatic heterocycles. The van der Waals surface area contributed by atoms with E-state index in [1.54, 1.807) is 6.07 Å². The second-order valence-corrected chi connectivity index (χ2v) is 3.69. The molecule has 1 heterocycles. The van der Waals surface area contributed by atoms with E-state index in [4.69, 9.17) is 4.74 Å². The monoisotopic (exact) mass is 247 g/mol. The summed E-state index contributed by atoms with van der Waals surface area (Å²) in [4.78, 5) is 13.3. The molecule has 94 valence electrons. The third-order valence-corrected chi connectivity index (χ3v) is 2.53. The minimum absolute atomic E-state index is 0.0114. The molecule has 6 nitrogen and oxygen atoms in total. The van der Waals surface area contributed by atoms with Gasteiger partial charge in [-0.15, -0.1) is 0 Å². The van der Waals surface area contributed by atoms with Crippen molar-refractivity contribution in [1.82, 2.24) is 4.98 Å². The van der Waals surface area contributed by atoms with E-state index in [0.717, 1.165) is 11.4 Å². The summed E-state index contributed by atoms with van der Waals surface area (Å²) < 4.78 is 5.13. The van der Waals surface area contributed by atoms with Crippen LogP contribution in [0.25, 0.3) is 0 Å². The third-order valence-electron chi connectivity index (χ3n) is 2.53. The molecule has 0 atom stereocenters. The number of aromatic amines is 1. The Morgan fingerprint density at radius 2 is 2.28 bits per heavy atom. The smallest absolute Gasteiger partial charge is 0.273 e. The summed E-state index contributed by atoms with van der Waals surface area (Å²) in [6.07, 6.45) is 1.84. The summed E-state index contributed by atoms with van der Waals surface area (Å²) in [5, 5.41) is 13.8. The van der Waals surface area contributed by atoms with Crippen LogP contribution in [0.15, 0.2) is 36.5 Å². The average Bonchev–Trinajstić information content (AvgIpc) is 2.89. The van der Waals surface area contributed by atoms with Gasteiger partial charge < -0.3 is 15.0 Å². The minimum Gasteiger partial charge on any atom is -0.494 e. The van der Waals surface area contributed by atoms with Crippen LogP contribution in [0, 0.1) is 10.1 Å². The van der Waals surface area contributed by atoms with Crippen LogP contribution in [0.1, 0.15) is 5.69 Å². The minimum atomic E-state index is -0.447. The molecule has 18 heavy (non-hydrogen) atoms. The molecule has 2 N–H and O–H groups in total. The van der Waals surface area contributed by atoms with Crippen molar-refractivity contribution in [2.24, 2.45) is 0 Å². The highest BCUT2D eigenvalue weighted by Crippen LogP contribution is 2.29. The van der Waals surface area contributed by atoms with Crippen molar-refractivity contribution in [3.05, 3.63) is 52.3 Å². The Morgan fingerprint density at radius 1 is 1.44 bits per heavy atom. The molecule has 0 radical (unpaired) electrons. The molecule has 2 rings (SSSR count). The number of methoxy groups -OCH3 is 1. The SMILES string of the molecule is COc1cc([N+](=O)[O-])ccc1NCc1ccc[nH]1. The first-order chi connectivity index (χ1) is 8.70. The lowest BCUT2D eigenvalue weighted by molar-refractivity contribution is -0.384. The van der Waals surface area contributed by atoms with E-state index in [-0.39, 0.29) is 5.69 Å². The van der Waals surface area contributed by atoms with Crippen molar-refractivity contribution in [3.8, 4) is 5.75 Å². The van der Waals surface area contributed by atoms with E-state index >= 15 is 0 Å². The maximum absolute atomic E-state index is 10.6. The second kappa shape index (κ2) is 5.22. The largest absolute Gasteiger partial charge is 0.494 e. The van der Waals surface area contributed by atoms with Crippen molar-refractivity contribution < 1.29 is 9.66 Å². The van der Waals surface area contributed by atoms with Gasteiger partial charge in [0, 0.05) is 18.0 Å². The molecule has 0 amide bonds. The first-order valence-electron chi connectivity index (χ1n) is 5.39. The van der Waals surface area contributed by atoms with E-state index in [9.17, 15) is 10.1 Å². The van der Waals surface area contributed by atoms with Gasteiger partial charge in [-0.05, 0) is 18.2 Å². The highest BCUT2D eigenvalue weighted by molar-refractivity contribution is 5.60. The van der Waals surface area contributed by atoms with Gasteiger partial charge in [-0.25, -0.2) is 0 Å². The number of aromatic nitrogens is 1. The number of nitrogens with one attached hydrogen (secondary N) is 2. The average molecular weight is 247 g/mol. The molecule has 0 saturated heterocycles. The molecule has 0 bridgehead atoms. The molecule has 0 unspecified atom stereocenters. The summed E-state index contributed by atoms with van der Waals surface area (Å²) in [5.74, 6) is 0.454. The van der Waals surface area contributed by atoms with E-state index in [2.05, 4.69) is 10.3 Å². The predicted octanol–water partition coefficient (Wildman–Crippen LogP) is 2.54. The zero-order valence-corrected chi connectivity index (χ0v) is 9.84. The summed E-state index contributed by atoms with van der Waals surface area (Å²) >= 11 is 0. The Hall–Kier alpha value is -2.50. The van der Waals surface area contributed by atoms with Crippen LogP contribution in [-0.2, 0) is 6.54 Å². The van der Waals surface area contributed by atoms with E-state index in [1.807, 2.05) is 18.3 Å². The fourth-order valence-electron chi connectivity index (χ4n) is 1.61. The van der Waals surface area contributed by atoms with Gasteiger partial charge in [0.25, 0.3) is 5.69 Å². The van der Waals surface area contributed by atoms with Crippen LogP contribution >= 0.6 is 0 Å². The first-order valence-corrected chi connectivity index (χ1v) is 5.39. The molecule has 0 aliphatic heterocycles. The predicted molar refractivity (Wildman–Crippen MR) is 67.8 cm³/mol. The number of H-pyrrole nitrogens is 1. The fraction of sp³-hybridized carbons (Fsp3) is 0.167. The van der Waals surface area contributed by atoms with Crippen LogP contribution in [0.3, 0.4) is 0 Å². The van der Waals surface area contributed by atoms with Gasteiger partial charge in [0.05, 0.1) is 30.3 Å². The topological polar surface area (TPSA) is 80.2 Å². The van der Waals surface area contributed by atoms with E-state index in [0.29, 0.717) is 12.3 Å². The quantitative estimate of drug-likeness (QED) is 0.628. The number of benzene rings is 1. The molecule has 0 fully saturated rings. The van der Waals surface area contributed by atoms with E-state index in [1.165, 1.54) is 19.2 Å². The van der Waals surface area contributed by atoms with Gasteiger partial charge in [-0.3, -0.25) is 10.1 Å². The number of nitrogens with zero attached hydrogens (tertiary/aromatic N) is 1. The molecular weight excluding hydrogens is 234 g/mol. The lowest BCUT2D eigenvalue weighted by Crippen LogP contribution is -2.02. The summed E-state index contributed by atoms with van der Waals surface area (Å²) in [6.45, 7) is 0.598. The van der Waals surface area contributed by atoms with Crippen LogP contribution < -0.4 is 10.1 Å². The summed E-state index contributed by atoms with van der Waals surface area (Å²) in [5.41, 5.74) is 1.75. The Morgan fingerprint density at radius 3 is 2.89 bits per heavy atom. The summed E-state index contributed by atoms with van der Waals surface area (Å²) in [7, 11) is 1.49. The van der Waals surface area contributed by atoms with Gasteiger partial charge in [0.15, 0.2) is 0 Å². The second-order valence-electron chi connectivity index (χ2n) is 3.69. The number of hydrogen-bond acceptors (Lipinski definition) is 4. The summed E-state index contributed by atoms with van der Waals surface area (Å²) in [6, 6.07) is 8.34. The maximum Gasteiger partial charge on any atom is 0.273 e. The van der Waals surface area contributed by atoms with Gasteiger partial charge in [-0.2, -0.15) is 0 Å². The van der Waals surface area contributed by atoms with Gasteiger partial charge in [0.1, 0.15) is 5.75 Å². The zero-order valence-electron chi connectivity index (χ0n) is 9.84. The van der Waals surface area contributed by atoms with Crippen LogP contribution in [0.5, 0.6) is 5.75 Å². The lowest BCUT2D eigenvalue weighted by Gasteiger charge is -2.10. The number of ether oxygens (including phenoxy) is 1. The molecule has 6 heteroatoms. The number of rotatable bonds is 5. The molecule has 0 aliphatic rings. The maximum atomic E-state index is 10.6. The van der Waals surface area contributed by atoms with Crippen molar-refractivity contribution in [3.63, 3.8) is 0 Å². The standard InChI is InChI=1S/C12H13N3O3/c1-18-12-7-10(15(16)17)4-5-11(12)14-8-9-3-2-6-13-9/h2-7,13-14H,8H2,1H3. The highest BCUT2D eigenvalue weighted by Gasteiger charge is 2.10. The fourth-order valence-corrected chi connectivity index (χ4v) is 1.61. The van der Waals surface area contributed by atoms with Gasteiger partial charge in [-0.1, -0.05) is 0 Å². The molecule has 0 saturated carbocycles. The van der Waals surface area contributed by atoms with Gasteiger partial charge in [0.2, 0.25) is 0 Å². The molecular formula is C12H13N3O3. The van der Waals surface area contributed by atoms with Crippen LogP contribution in [0.2, 0.25) is 0 Å². The first kappa shape index (κ1) is 12.0. The Labute approximate surface area is 104 Å². The lowest BCUT2D eigenvalue weighted by atomic mass is 10.2. The normalized spacial score (nSPS) is 10.1. The molecule has 0 spiro atoms. The Kier molecular flexibility index (Phi) is 3.47. The van der Waals surface area contributed by atoms with Crippen molar-refractivity contribution in [2.75, 3.05) is 12.4 Å². The third kappa shape index (κ3) is 2.60. The number of nitro benzene ring substituents is 1. The highest BCUT2D eigenvalue weighted by atomic mass is 16.6. The number of non-ortho nitro benzene ring substituents is 1. The number of hydrogen-bond donors (Lipinski definition) is 2. The Bertz CT molecular complexity index is 538. The molecule has 1 aromatic carbocycles. The number of anilines is 1. The van der Waals surface area contributed by atoms with Crippen molar-refractivity contribution in [2.45, 2.75) is 6.54 Å².